The molecular weight excluding hydrogens is 230 g/mol. The number of benzene rings is 1. The van der Waals surface area contributed by atoms with E-state index in [9.17, 15) is 4.79 Å². The Morgan fingerprint density at radius 1 is 1.22 bits per heavy atom. The minimum Gasteiger partial charge on any atom is -0.496 e. The molecule has 2 rings (SSSR count). The Hall–Kier alpha value is -2.23. The number of ether oxygens (including phenoxy) is 1. The first kappa shape index (κ1) is 12.2. The Bertz CT molecular complexity index is 599. The summed E-state index contributed by atoms with van der Waals surface area (Å²) in [6.07, 6.45) is 0. The molecule has 0 aliphatic carbocycles. The molecule has 1 heterocycles. The van der Waals surface area contributed by atoms with Crippen LogP contribution in [0.4, 0.5) is 5.69 Å². The smallest absolute Gasteiger partial charge is 0.200 e. The van der Waals surface area contributed by atoms with Crippen LogP contribution in [0.5, 0.6) is 5.75 Å². The molecule has 0 bridgehead atoms. The summed E-state index contributed by atoms with van der Waals surface area (Å²) in [6, 6.07) is 6.72. The van der Waals surface area contributed by atoms with E-state index in [1.54, 1.807) is 38.1 Å². The van der Waals surface area contributed by atoms with Gasteiger partial charge in [-0.05, 0) is 38.1 Å². The molecular formula is C14H15NO3. The number of carbonyl (C=O) groups is 1. The summed E-state index contributed by atoms with van der Waals surface area (Å²) in [6.45, 7) is 3.57. The highest BCUT2D eigenvalue weighted by Gasteiger charge is 2.19. The molecule has 0 aliphatic rings. The standard InChI is InChI=1S/C14H15NO3/c1-8-6-11(9(2)18-8)14(16)12-7-10(15)4-5-13(12)17-3/h4-7H,15H2,1-3H3. The lowest BCUT2D eigenvalue weighted by atomic mass is 10.0. The molecule has 1 aromatic carbocycles. The average Bonchev–Trinajstić information content (AvgIpc) is 2.67. The van der Waals surface area contributed by atoms with Gasteiger partial charge in [-0.15, -0.1) is 0 Å². The highest BCUT2D eigenvalue weighted by atomic mass is 16.5. The highest BCUT2D eigenvalue weighted by molar-refractivity contribution is 6.11. The minimum atomic E-state index is -0.145. The second-order valence-electron chi connectivity index (χ2n) is 4.12. The Kier molecular flexibility index (Phi) is 3.10. The zero-order valence-corrected chi connectivity index (χ0v) is 10.6. The van der Waals surface area contributed by atoms with Crippen molar-refractivity contribution in [3.63, 3.8) is 0 Å². The van der Waals surface area contributed by atoms with Crippen LogP contribution < -0.4 is 10.5 Å². The average molecular weight is 245 g/mol. The van der Waals surface area contributed by atoms with Crippen molar-refractivity contribution in [2.45, 2.75) is 13.8 Å². The molecule has 18 heavy (non-hydrogen) atoms. The van der Waals surface area contributed by atoms with Crippen molar-refractivity contribution in [3.8, 4) is 5.75 Å². The zero-order valence-electron chi connectivity index (χ0n) is 10.6. The largest absolute Gasteiger partial charge is 0.496 e. The fourth-order valence-electron chi connectivity index (χ4n) is 1.90. The minimum absolute atomic E-state index is 0.145. The third kappa shape index (κ3) is 2.09. The van der Waals surface area contributed by atoms with E-state index in [1.807, 2.05) is 0 Å². The van der Waals surface area contributed by atoms with E-state index in [0.717, 1.165) is 0 Å². The maximum absolute atomic E-state index is 12.4. The van der Waals surface area contributed by atoms with E-state index in [2.05, 4.69) is 0 Å². The first-order valence-electron chi connectivity index (χ1n) is 5.58. The lowest BCUT2D eigenvalue weighted by Crippen LogP contribution is -2.05. The van der Waals surface area contributed by atoms with Gasteiger partial charge in [0.2, 0.25) is 0 Å². The van der Waals surface area contributed by atoms with Gasteiger partial charge < -0.3 is 14.9 Å². The number of methoxy groups -OCH3 is 1. The molecule has 0 saturated carbocycles. The summed E-state index contributed by atoms with van der Waals surface area (Å²) in [5.74, 6) is 1.67. The SMILES string of the molecule is COc1ccc(N)cc1C(=O)c1cc(C)oc1C. The van der Waals surface area contributed by atoms with Crippen LogP contribution in [0.1, 0.15) is 27.4 Å². The molecule has 0 atom stereocenters. The summed E-state index contributed by atoms with van der Waals surface area (Å²) in [5.41, 5.74) is 7.22. The summed E-state index contributed by atoms with van der Waals surface area (Å²) < 4.78 is 10.6. The predicted octanol–water partition coefficient (Wildman–Crippen LogP) is 2.72. The fourth-order valence-corrected chi connectivity index (χ4v) is 1.90. The summed E-state index contributed by atoms with van der Waals surface area (Å²) >= 11 is 0. The Morgan fingerprint density at radius 3 is 2.50 bits per heavy atom. The monoisotopic (exact) mass is 245 g/mol. The molecule has 94 valence electrons. The second-order valence-corrected chi connectivity index (χ2v) is 4.12. The van der Waals surface area contributed by atoms with Gasteiger partial charge in [0.25, 0.3) is 0 Å². The molecule has 0 radical (unpaired) electrons. The summed E-state index contributed by atoms with van der Waals surface area (Å²) in [5, 5.41) is 0. The number of carbonyl (C=O) groups excluding carboxylic acids is 1. The molecule has 0 amide bonds. The number of hydrogen-bond acceptors (Lipinski definition) is 4. The number of nitrogen functional groups attached to an aromatic ring is 1. The summed E-state index contributed by atoms with van der Waals surface area (Å²) in [4.78, 5) is 12.4. The van der Waals surface area contributed by atoms with Crippen molar-refractivity contribution in [1.29, 1.82) is 0 Å². The number of anilines is 1. The van der Waals surface area contributed by atoms with E-state index >= 15 is 0 Å². The van der Waals surface area contributed by atoms with Gasteiger partial charge in [0, 0.05) is 5.69 Å². The topological polar surface area (TPSA) is 65.5 Å². The van der Waals surface area contributed by atoms with Crippen LogP contribution >= 0.6 is 0 Å². The van der Waals surface area contributed by atoms with Crippen LogP contribution in [-0.4, -0.2) is 12.9 Å². The number of hydrogen-bond donors (Lipinski definition) is 1. The quantitative estimate of drug-likeness (QED) is 0.667. The predicted molar refractivity (Wildman–Crippen MR) is 69.0 cm³/mol. The fraction of sp³-hybridized carbons (Fsp3) is 0.214. The molecule has 0 fully saturated rings. The third-order valence-corrected chi connectivity index (χ3v) is 2.75. The van der Waals surface area contributed by atoms with E-state index < -0.39 is 0 Å². The molecule has 0 aliphatic heterocycles. The highest BCUT2D eigenvalue weighted by Crippen LogP contribution is 2.26. The molecule has 2 aromatic rings. The first-order chi connectivity index (χ1) is 8.52. The molecule has 0 unspecified atom stereocenters. The van der Waals surface area contributed by atoms with Crippen molar-refractivity contribution in [1.82, 2.24) is 0 Å². The van der Waals surface area contributed by atoms with Gasteiger partial charge in [-0.25, -0.2) is 0 Å². The van der Waals surface area contributed by atoms with Crippen molar-refractivity contribution in [3.05, 3.63) is 46.9 Å². The van der Waals surface area contributed by atoms with Crippen LogP contribution in [0.25, 0.3) is 0 Å². The van der Waals surface area contributed by atoms with Gasteiger partial charge in [0.15, 0.2) is 5.78 Å². The lowest BCUT2D eigenvalue weighted by Gasteiger charge is -2.07. The molecule has 4 heteroatoms. The van der Waals surface area contributed by atoms with E-state index in [-0.39, 0.29) is 5.78 Å². The Balaban J connectivity index is 2.51. The van der Waals surface area contributed by atoms with Crippen molar-refractivity contribution < 1.29 is 13.9 Å². The third-order valence-electron chi connectivity index (χ3n) is 2.75. The molecule has 0 saturated heterocycles. The number of rotatable bonds is 3. The van der Waals surface area contributed by atoms with Gasteiger partial charge >= 0.3 is 0 Å². The van der Waals surface area contributed by atoms with Crippen LogP contribution in [0.2, 0.25) is 0 Å². The normalized spacial score (nSPS) is 10.4. The number of ketones is 1. The van der Waals surface area contributed by atoms with Gasteiger partial charge in [0.1, 0.15) is 17.3 Å². The van der Waals surface area contributed by atoms with Crippen molar-refractivity contribution in [2.75, 3.05) is 12.8 Å². The van der Waals surface area contributed by atoms with Crippen LogP contribution in [0.15, 0.2) is 28.7 Å². The van der Waals surface area contributed by atoms with Crippen LogP contribution in [0, 0.1) is 13.8 Å². The second kappa shape index (κ2) is 4.56. The van der Waals surface area contributed by atoms with Gasteiger partial charge in [-0.3, -0.25) is 4.79 Å². The van der Waals surface area contributed by atoms with Crippen molar-refractivity contribution >= 4 is 11.5 Å². The number of furan rings is 1. The zero-order chi connectivity index (χ0) is 13.3. The maximum Gasteiger partial charge on any atom is 0.200 e. The van der Waals surface area contributed by atoms with Gasteiger partial charge in [-0.2, -0.15) is 0 Å². The van der Waals surface area contributed by atoms with Crippen LogP contribution in [0.3, 0.4) is 0 Å². The molecule has 2 N–H and O–H groups in total. The number of nitrogens with two attached hydrogens (primary N) is 1. The molecule has 4 nitrogen and oxygen atoms in total. The Morgan fingerprint density at radius 2 is 1.94 bits per heavy atom. The summed E-state index contributed by atoms with van der Waals surface area (Å²) in [7, 11) is 1.52. The van der Waals surface area contributed by atoms with E-state index in [4.69, 9.17) is 14.9 Å². The van der Waals surface area contributed by atoms with Gasteiger partial charge in [0.05, 0.1) is 18.2 Å². The number of aryl methyl sites for hydroxylation is 2. The molecule has 1 aromatic heterocycles. The van der Waals surface area contributed by atoms with E-state index in [0.29, 0.717) is 34.1 Å². The Labute approximate surface area is 105 Å². The van der Waals surface area contributed by atoms with Gasteiger partial charge in [-0.1, -0.05) is 0 Å². The van der Waals surface area contributed by atoms with E-state index in [1.165, 1.54) is 7.11 Å². The van der Waals surface area contributed by atoms with Crippen molar-refractivity contribution in [2.24, 2.45) is 0 Å². The van der Waals surface area contributed by atoms with Crippen LogP contribution in [-0.2, 0) is 0 Å². The lowest BCUT2D eigenvalue weighted by molar-refractivity contribution is 0.103. The first-order valence-corrected chi connectivity index (χ1v) is 5.58. The maximum atomic E-state index is 12.4. The molecule has 0 spiro atoms.